The highest BCUT2D eigenvalue weighted by atomic mass is 19.1. The molecule has 1 saturated carbocycles. The van der Waals surface area contributed by atoms with Gasteiger partial charge in [0.1, 0.15) is 17.2 Å². The first-order valence-corrected chi connectivity index (χ1v) is 7.99. The zero-order valence-corrected chi connectivity index (χ0v) is 12.8. The van der Waals surface area contributed by atoms with Crippen LogP contribution in [0, 0.1) is 5.82 Å². The molecule has 1 spiro atoms. The van der Waals surface area contributed by atoms with Crippen LogP contribution in [-0.4, -0.2) is 24.9 Å². The quantitative estimate of drug-likeness (QED) is 0.900. The highest BCUT2D eigenvalue weighted by molar-refractivity contribution is 5.40. The highest BCUT2D eigenvalue weighted by Crippen LogP contribution is 2.49. The fraction of sp³-hybridized carbons (Fsp3) is 0.647. The van der Waals surface area contributed by atoms with Gasteiger partial charge in [0.15, 0.2) is 0 Å². The molecule has 0 bridgehead atoms. The second-order valence-corrected chi connectivity index (χ2v) is 6.16. The summed E-state index contributed by atoms with van der Waals surface area (Å²) in [6.07, 6.45) is 4.14. The van der Waals surface area contributed by atoms with E-state index in [0.717, 1.165) is 50.1 Å². The smallest absolute Gasteiger partial charge is 0.125 e. The van der Waals surface area contributed by atoms with Crippen molar-refractivity contribution in [2.75, 3.05) is 13.2 Å². The number of hydrogen-bond acceptors (Lipinski definition) is 3. The lowest BCUT2D eigenvalue weighted by Crippen LogP contribution is -2.56. The van der Waals surface area contributed by atoms with Crippen molar-refractivity contribution in [3.63, 3.8) is 0 Å². The molecule has 116 valence electrons. The predicted octanol–water partition coefficient (Wildman–Crippen LogP) is 3.59. The SMILES string of the molecule is CCCNC1CC2(CC(OCC)C2)Oc2ccc(F)cc21. The van der Waals surface area contributed by atoms with E-state index in [4.69, 9.17) is 9.47 Å². The van der Waals surface area contributed by atoms with Crippen LogP contribution in [-0.2, 0) is 4.74 Å². The van der Waals surface area contributed by atoms with Crippen LogP contribution in [0.1, 0.15) is 51.1 Å². The van der Waals surface area contributed by atoms with Gasteiger partial charge >= 0.3 is 0 Å². The topological polar surface area (TPSA) is 30.5 Å². The summed E-state index contributed by atoms with van der Waals surface area (Å²) >= 11 is 0. The van der Waals surface area contributed by atoms with Crippen LogP contribution in [0.3, 0.4) is 0 Å². The van der Waals surface area contributed by atoms with E-state index < -0.39 is 0 Å². The van der Waals surface area contributed by atoms with Gasteiger partial charge in [0.25, 0.3) is 0 Å². The first-order valence-electron chi connectivity index (χ1n) is 7.99. The third-order valence-corrected chi connectivity index (χ3v) is 4.49. The van der Waals surface area contributed by atoms with Gasteiger partial charge in [-0.15, -0.1) is 0 Å². The van der Waals surface area contributed by atoms with Crippen LogP contribution in [0.15, 0.2) is 18.2 Å². The molecule has 0 radical (unpaired) electrons. The van der Waals surface area contributed by atoms with E-state index in [1.54, 1.807) is 12.1 Å². The van der Waals surface area contributed by atoms with Gasteiger partial charge in [0, 0.05) is 37.5 Å². The molecule has 4 heteroatoms. The molecule has 3 nitrogen and oxygen atoms in total. The number of ether oxygens (including phenoxy) is 2. The number of halogens is 1. The number of nitrogens with one attached hydrogen (secondary N) is 1. The standard InChI is InChI=1S/C17H24FNO2/c1-3-7-19-15-11-17(9-13(10-17)20-4-2)21-16-6-5-12(18)8-14(15)16/h5-6,8,13,15,19H,3-4,7,9-11H2,1-2H3. The van der Waals surface area contributed by atoms with Crippen LogP contribution in [0.2, 0.25) is 0 Å². The zero-order valence-electron chi connectivity index (χ0n) is 12.8. The van der Waals surface area contributed by atoms with E-state index in [-0.39, 0.29) is 17.5 Å². The fourth-order valence-corrected chi connectivity index (χ4v) is 3.52. The first kappa shape index (κ1) is 14.8. The zero-order chi connectivity index (χ0) is 14.9. The van der Waals surface area contributed by atoms with Crippen molar-refractivity contribution in [2.24, 2.45) is 0 Å². The average Bonchev–Trinajstić information content (AvgIpc) is 2.44. The minimum absolute atomic E-state index is 0.129. The van der Waals surface area contributed by atoms with Crippen molar-refractivity contribution in [3.05, 3.63) is 29.6 Å². The number of hydrogen-bond donors (Lipinski definition) is 1. The van der Waals surface area contributed by atoms with Gasteiger partial charge in [0.2, 0.25) is 0 Å². The Balaban J connectivity index is 1.79. The van der Waals surface area contributed by atoms with Crippen molar-refractivity contribution in [1.29, 1.82) is 0 Å². The molecular weight excluding hydrogens is 269 g/mol. The molecular formula is C17H24FNO2. The first-order chi connectivity index (χ1) is 10.2. The minimum Gasteiger partial charge on any atom is -0.487 e. The Labute approximate surface area is 125 Å². The molecule has 3 rings (SSSR count). The predicted molar refractivity (Wildman–Crippen MR) is 80.1 cm³/mol. The Kier molecular flexibility index (Phi) is 4.18. The lowest BCUT2D eigenvalue weighted by atomic mass is 9.71. The average molecular weight is 293 g/mol. The van der Waals surface area contributed by atoms with Gasteiger partial charge < -0.3 is 14.8 Å². The molecule has 1 aliphatic heterocycles. The summed E-state index contributed by atoms with van der Waals surface area (Å²) in [6, 6.07) is 5.02. The van der Waals surface area contributed by atoms with E-state index in [1.165, 1.54) is 6.07 Å². The third kappa shape index (κ3) is 2.92. The van der Waals surface area contributed by atoms with Gasteiger partial charge in [-0.1, -0.05) is 6.92 Å². The molecule has 2 aliphatic rings. The minimum atomic E-state index is -0.197. The molecule has 1 N–H and O–H groups in total. The van der Waals surface area contributed by atoms with Gasteiger partial charge in [-0.2, -0.15) is 0 Å². The molecule has 1 atom stereocenters. The summed E-state index contributed by atoms with van der Waals surface area (Å²) in [5, 5.41) is 3.54. The monoisotopic (exact) mass is 293 g/mol. The molecule has 1 unspecified atom stereocenters. The van der Waals surface area contributed by atoms with E-state index in [2.05, 4.69) is 12.2 Å². The van der Waals surface area contributed by atoms with Gasteiger partial charge in [-0.25, -0.2) is 4.39 Å². The normalized spacial score (nSPS) is 30.6. The Hall–Kier alpha value is -1.13. The van der Waals surface area contributed by atoms with Crippen LogP contribution in [0.5, 0.6) is 5.75 Å². The Bertz CT molecular complexity index is 500. The molecule has 1 aliphatic carbocycles. The summed E-state index contributed by atoms with van der Waals surface area (Å²) in [5.41, 5.74) is 0.824. The van der Waals surface area contributed by atoms with Gasteiger partial charge in [-0.05, 0) is 38.1 Å². The van der Waals surface area contributed by atoms with Crippen molar-refractivity contribution in [2.45, 2.75) is 57.3 Å². The maximum atomic E-state index is 13.5. The molecule has 0 amide bonds. The molecule has 1 fully saturated rings. The van der Waals surface area contributed by atoms with Crippen molar-refractivity contribution in [1.82, 2.24) is 5.32 Å². The van der Waals surface area contributed by atoms with Gasteiger partial charge in [-0.3, -0.25) is 0 Å². The molecule has 1 aromatic carbocycles. The Morgan fingerprint density at radius 1 is 1.33 bits per heavy atom. The van der Waals surface area contributed by atoms with Crippen molar-refractivity contribution in [3.8, 4) is 5.75 Å². The third-order valence-electron chi connectivity index (χ3n) is 4.49. The van der Waals surface area contributed by atoms with E-state index in [9.17, 15) is 4.39 Å². The van der Waals surface area contributed by atoms with E-state index >= 15 is 0 Å². The second-order valence-electron chi connectivity index (χ2n) is 6.16. The summed E-state index contributed by atoms with van der Waals surface area (Å²) < 4.78 is 25.4. The van der Waals surface area contributed by atoms with Crippen molar-refractivity contribution < 1.29 is 13.9 Å². The largest absolute Gasteiger partial charge is 0.487 e. The molecule has 1 aromatic rings. The van der Waals surface area contributed by atoms with E-state index in [1.807, 2.05) is 6.92 Å². The van der Waals surface area contributed by atoms with Crippen LogP contribution >= 0.6 is 0 Å². The second kappa shape index (κ2) is 5.93. The van der Waals surface area contributed by atoms with Crippen LogP contribution < -0.4 is 10.1 Å². The number of rotatable bonds is 5. The maximum absolute atomic E-state index is 13.5. The van der Waals surface area contributed by atoms with E-state index in [0.29, 0.717) is 6.10 Å². The van der Waals surface area contributed by atoms with Gasteiger partial charge in [0.05, 0.1) is 6.10 Å². The maximum Gasteiger partial charge on any atom is 0.125 e. The Morgan fingerprint density at radius 2 is 2.14 bits per heavy atom. The highest BCUT2D eigenvalue weighted by Gasteiger charge is 2.51. The summed E-state index contributed by atoms with van der Waals surface area (Å²) in [4.78, 5) is 0. The number of fused-ring (bicyclic) bond motifs is 1. The molecule has 1 heterocycles. The molecule has 0 saturated heterocycles. The summed E-state index contributed by atoms with van der Waals surface area (Å²) in [5.74, 6) is 0.628. The fourth-order valence-electron chi connectivity index (χ4n) is 3.52. The summed E-state index contributed by atoms with van der Waals surface area (Å²) in [6.45, 7) is 5.85. The molecule has 0 aromatic heterocycles. The Morgan fingerprint density at radius 3 is 2.86 bits per heavy atom. The van der Waals surface area contributed by atoms with Crippen molar-refractivity contribution >= 4 is 0 Å². The lowest BCUT2D eigenvalue weighted by Gasteiger charge is -2.51. The van der Waals surface area contributed by atoms with Crippen LogP contribution in [0.4, 0.5) is 4.39 Å². The number of benzene rings is 1. The summed E-state index contributed by atoms with van der Waals surface area (Å²) in [7, 11) is 0. The lowest BCUT2D eigenvalue weighted by molar-refractivity contribution is -0.135. The molecule has 21 heavy (non-hydrogen) atoms. The van der Waals surface area contributed by atoms with Crippen LogP contribution in [0.25, 0.3) is 0 Å².